The first-order valence-electron chi connectivity index (χ1n) is 6.36. The second-order valence-corrected chi connectivity index (χ2v) is 4.50. The third-order valence-corrected chi connectivity index (χ3v) is 3.04. The summed E-state index contributed by atoms with van der Waals surface area (Å²) < 4.78 is 0. The first-order valence-corrected chi connectivity index (χ1v) is 6.36. The largest absolute Gasteiger partial charge is 0.343 e. The van der Waals surface area contributed by atoms with Gasteiger partial charge in [-0.15, -0.1) is 0 Å². The number of hydrogen-bond acceptors (Lipinski definition) is 4. The van der Waals surface area contributed by atoms with Gasteiger partial charge in [0.25, 0.3) is 5.91 Å². The minimum Gasteiger partial charge on any atom is -0.343 e. The van der Waals surface area contributed by atoms with Crippen LogP contribution in [0.15, 0.2) is 18.3 Å². The number of carbonyl (C=O) groups is 2. The minimum atomic E-state index is -0.268. The van der Waals surface area contributed by atoms with Crippen molar-refractivity contribution in [2.75, 3.05) is 32.7 Å². The summed E-state index contributed by atoms with van der Waals surface area (Å²) in [5, 5.41) is 5.80. The molecule has 2 amide bonds. The molecule has 1 aliphatic rings. The average Bonchev–Trinajstić information content (AvgIpc) is 2.46. The Hall–Kier alpha value is -1.95. The van der Waals surface area contributed by atoms with E-state index in [0.717, 1.165) is 18.8 Å². The lowest BCUT2D eigenvalue weighted by Gasteiger charge is -2.27. The number of piperazine rings is 1. The highest BCUT2D eigenvalue weighted by molar-refractivity contribution is 5.96. The Kier molecular flexibility index (Phi) is 4.46. The molecule has 1 aromatic heterocycles. The van der Waals surface area contributed by atoms with Gasteiger partial charge in [0.1, 0.15) is 0 Å². The molecule has 19 heavy (non-hydrogen) atoms. The van der Waals surface area contributed by atoms with Crippen molar-refractivity contribution in [2.24, 2.45) is 0 Å². The summed E-state index contributed by atoms with van der Waals surface area (Å²) in [5.41, 5.74) is 1.33. The van der Waals surface area contributed by atoms with Crippen molar-refractivity contribution in [3.05, 3.63) is 29.6 Å². The van der Waals surface area contributed by atoms with Gasteiger partial charge in [-0.05, 0) is 19.1 Å². The number of hydrogen-bond donors (Lipinski definition) is 2. The van der Waals surface area contributed by atoms with E-state index in [1.807, 2.05) is 6.92 Å². The van der Waals surface area contributed by atoms with Crippen LogP contribution >= 0.6 is 0 Å². The summed E-state index contributed by atoms with van der Waals surface area (Å²) in [6.07, 6.45) is 1.51. The first-order chi connectivity index (χ1) is 9.16. The molecule has 0 radical (unpaired) electrons. The van der Waals surface area contributed by atoms with E-state index < -0.39 is 0 Å². The van der Waals surface area contributed by atoms with E-state index in [4.69, 9.17) is 0 Å². The molecule has 1 saturated heterocycles. The number of nitrogens with one attached hydrogen (secondary N) is 2. The Morgan fingerprint density at radius 1 is 1.37 bits per heavy atom. The molecule has 0 spiro atoms. The molecule has 2 heterocycles. The summed E-state index contributed by atoms with van der Waals surface area (Å²) in [6.45, 7) is 4.90. The molecule has 102 valence electrons. The lowest BCUT2D eigenvalue weighted by molar-refractivity contribution is -0.130. The standard InChI is InChI=1S/C13H18N4O2/c1-10-2-3-11(8-15-10)13(19)16-9-12(18)17-6-4-14-5-7-17/h2-3,8,14H,4-7,9H2,1H3,(H,16,19). The lowest BCUT2D eigenvalue weighted by atomic mass is 10.2. The van der Waals surface area contributed by atoms with Gasteiger partial charge in [0.05, 0.1) is 12.1 Å². The zero-order valence-electron chi connectivity index (χ0n) is 11.0. The third kappa shape index (κ3) is 3.75. The molecule has 2 rings (SSSR count). The fourth-order valence-electron chi connectivity index (χ4n) is 1.89. The molecule has 6 nitrogen and oxygen atoms in total. The highest BCUT2D eigenvalue weighted by atomic mass is 16.2. The van der Waals surface area contributed by atoms with Crippen LogP contribution in [0.3, 0.4) is 0 Å². The predicted octanol–water partition coefficient (Wildman–Crippen LogP) is -0.448. The Morgan fingerprint density at radius 3 is 2.74 bits per heavy atom. The van der Waals surface area contributed by atoms with Crippen LogP contribution in [0.1, 0.15) is 16.1 Å². The summed E-state index contributed by atoms with van der Waals surface area (Å²) in [4.78, 5) is 29.5. The molecule has 0 unspecified atom stereocenters. The molecule has 1 aliphatic heterocycles. The number of aryl methyl sites for hydroxylation is 1. The maximum absolute atomic E-state index is 11.9. The van der Waals surface area contributed by atoms with Crippen molar-refractivity contribution < 1.29 is 9.59 Å². The summed E-state index contributed by atoms with van der Waals surface area (Å²) in [7, 11) is 0. The molecule has 2 N–H and O–H groups in total. The lowest BCUT2D eigenvalue weighted by Crippen LogP contribution is -2.49. The van der Waals surface area contributed by atoms with E-state index in [1.165, 1.54) is 6.20 Å². The SMILES string of the molecule is Cc1ccc(C(=O)NCC(=O)N2CCNCC2)cn1. The molecule has 0 bridgehead atoms. The van der Waals surface area contributed by atoms with E-state index in [-0.39, 0.29) is 18.4 Å². The monoisotopic (exact) mass is 262 g/mol. The molecule has 0 aromatic carbocycles. The van der Waals surface area contributed by atoms with Crippen LogP contribution in [0.4, 0.5) is 0 Å². The van der Waals surface area contributed by atoms with Crippen molar-refractivity contribution in [2.45, 2.75) is 6.92 Å². The summed E-state index contributed by atoms with van der Waals surface area (Å²) in [6, 6.07) is 3.47. The number of carbonyl (C=O) groups excluding carboxylic acids is 2. The van der Waals surface area contributed by atoms with E-state index >= 15 is 0 Å². The van der Waals surface area contributed by atoms with Gasteiger partial charge in [-0.3, -0.25) is 14.6 Å². The molecular formula is C13H18N4O2. The van der Waals surface area contributed by atoms with E-state index in [2.05, 4.69) is 15.6 Å². The third-order valence-electron chi connectivity index (χ3n) is 3.04. The van der Waals surface area contributed by atoms with Gasteiger partial charge in [-0.1, -0.05) is 0 Å². The molecule has 1 fully saturated rings. The van der Waals surface area contributed by atoms with Gasteiger partial charge < -0.3 is 15.5 Å². The zero-order chi connectivity index (χ0) is 13.7. The molecule has 1 aromatic rings. The van der Waals surface area contributed by atoms with Gasteiger partial charge in [0, 0.05) is 38.1 Å². The Bertz CT molecular complexity index is 452. The van der Waals surface area contributed by atoms with Crippen molar-refractivity contribution >= 4 is 11.8 Å². The van der Waals surface area contributed by atoms with Crippen LogP contribution in [-0.2, 0) is 4.79 Å². The van der Waals surface area contributed by atoms with Gasteiger partial charge in [0.2, 0.25) is 5.91 Å². The zero-order valence-corrected chi connectivity index (χ0v) is 11.0. The quantitative estimate of drug-likeness (QED) is 0.774. The smallest absolute Gasteiger partial charge is 0.253 e. The van der Waals surface area contributed by atoms with Gasteiger partial charge >= 0.3 is 0 Å². The number of aromatic nitrogens is 1. The van der Waals surface area contributed by atoms with Crippen LogP contribution in [0, 0.1) is 6.92 Å². The van der Waals surface area contributed by atoms with Crippen LogP contribution in [0.2, 0.25) is 0 Å². The topological polar surface area (TPSA) is 74.3 Å². The molecule has 0 atom stereocenters. The molecular weight excluding hydrogens is 244 g/mol. The van der Waals surface area contributed by atoms with Crippen LogP contribution in [-0.4, -0.2) is 54.4 Å². The fourth-order valence-corrected chi connectivity index (χ4v) is 1.89. The van der Waals surface area contributed by atoms with Crippen molar-refractivity contribution in [3.8, 4) is 0 Å². The maximum atomic E-state index is 11.9. The average molecular weight is 262 g/mol. The maximum Gasteiger partial charge on any atom is 0.253 e. The normalized spacial score (nSPS) is 15.1. The van der Waals surface area contributed by atoms with Crippen molar-refractivity contribution in [1.29, 1.82) is 0 Å². The second kappa shape index (κ2) is 6.29. The van der Waals surface area contributed by atoms with Gasteiger partial charge in [-0.2, -0.15) is 0 Å². The van der Waals surface area contributed by atoms with Crippen LogP contribution < -0.4 is 10.6 Å². The minimum absolute atomic E-state index is 0.0344. The summed E-state index contributed by atoms with van der Waals surface area (Å²) >= 11 is 0. The van der Waals surface area contributed by atoms with Gasteiger partial charge in [-0.25, -0.2) is 0 Å². The van der Waals surface area contributed by atoms with Gasteiger partial charge in [0.15, 0.2) is 0 Å². The van der Waals surface area contributed by atoms with Crippen molar-refractivity contribution in [1.82, 2.24) is 20.5 Å². The highest BCUT2D eigenvalue weighted by Crippen LogP contribution is 1.99. The summed E-state index contributed by atoms with van der Waals surface area (Å²) in [5.74, 6) is -0.314. The fraction of sp³-hybridized carbons (Fsp3) is 0.462. The number of rotatable bonds is 3. The molecule has 6 heteroatoms. The van der Waals surface area contributed by atoms with E-state index in [0.29, 0.717) is 18.7 Å². The Balaban J connectivity index is 1.82. The van der Waals surface area contributed by atoms with Crippen LogP contribution in [0.5, 0.6) is 0 Å². The van der Waals surface area contributed by atoms with Crippen LogP contribution in [0.25, 0.3) is 0 Å². The second-order valence-electron chi connectivity index (χ2n) is 4.50. The van der Waals surface area contributed by atoms with Crippen molar-refractivity contribution in [3.63, 3.8) is 0 Å². The first kappa shape index (κ1) is 13.5. The molecule has 0 aliphatic carbocycles. The predicted molar refractivity (Wildman–Crippen MR) is 70.8 cm³/mol. The number of nitrogens with zero attached hydrogens (tertiary/aromatic N) is 2. The number of amides is 2. The molecule has 0 saturated carbocycles. The Morgan fingerprint density at radius 2 is 2.11 bits per heavy atom. The Labute approximate surface area is 112 Å². The van der Waals surface area contributed by atoms with E-state index in [1.54, 1.807) is 17.0 Å². The highest BCUT2D eigenvalue weighted by Gasteiger charge is 2.16. The number of pyridine rings is 1. The van der Waals surface area contributed by atoms with E-state index in [9.17, 15) is 9.59 Å².